The number of urea groups is 1. The van der Waals surface area contributed by atoms with Crippen molar-refractivity contribution in [3.8, 4) is 0 Å². The van der Waals surface area contributed by atoms with Crippen LogP contribution < -0.4 is 10.2 Å². The van der Waals surface area contributed by atoms with Gasteiger partial charge in [-0.2, -0.15) is 0 Å². The fourth-order valence-electron chi connectivity index (χ4n) is 2.75. The molecule has 1 saturated heterocycles. The molecule has 0 spiro atoms. The number of pyridine rings is 1. The van der Waals surface area contributed by atoms with E-state index in [2.05, 4.69) is 34.3 Å². The van der Waals surface area contributed by atoms with Gasteiger partial charge in [-0.1, -0.05) is 35.9 Å². The van der Waals surface area contributed by atoms with Crippen molar-refractivity contribution in [3.05, 3.63) is 66.0 Å². The highest BCUT2D eigenvalue weighted by atomic mass is 16.2. The summed E-state index contributed by atoms with van der Waals surface area (Å²) in [5, 5.41) is 2.85. The van der Waals surface area contributed by atoms with Gasteiger partial charge in [-0.05, 0) is 30.7 Å². The molecule has 1 aromatic heterocycles. The summed E-state index contributed by atoms with van der Waals surface area (Å²) in [4.78, 5) is 20.6. The number of rotatable bonds is 3. The number of hydrogen-bond acceptors (Lipinski definition) is 3. The lowest BCUT2D eigenvalue weighted by Gasteiger charge is -2.35. The predicted molar refractivity (Wildman–Crippen MR) is 96.8 cm³/mol. The van der Waals surface area contributed by atoms with Gasteiger partial charge in [0.05, 0.1) is 0 Å². The van der Waals surface area contributed by atoms with Gasteiger partial charge in [-0.3, -0.25) is 0 Å². The molecule has 1 fully saturated rings. The third-order valence-electron chi connectivity index (χ3n) is 4.06. The van der Waals surface area contributed by atoms with E-state index in [1.807, 2.05) is 41.3 Å². The quantitative estimate of drug-likeness (QED) is 0.945. The van der Waals surface area contributed by atoms with Crippen molar-refractivity contribution in [2.75, 3.05) is 31.1 Å². The topological polar surface area (TPSA) is 48.5 Å². The van der Waals surface area contributed by atoms with E-state index in [1.165, 1.54) is 5.56 Å². The third kappa shape index (κ3) is 4.13. The Balaban J connectivity index is 1.49. The molecule has 124 valence electrons. The largest absolute Gasteiger partial charge is 0.353 e. The van der Waals surface area contributed by atoms with E-state index in [-0.39, 0.29) is 6.03 Å². The number of nitrogens with zero attached hydrogens (tertiary/aromatic N) is 3. The van der Waals surface area contributed by atoms with Gasteiger partial charge in [0.15, 0.2) is 0 Å². The number of carbonyl (C=O) groups excluding carboxylic acids is 1. The summed E-state index contributed by atoms with van der Waals surface area (Å²) in [5.74, 6) is 0.969. The maximum atomic E-state index is 12.2. The van der Waals surface area contributed by atoms with Crippen molar-refractivity contribution in [3.63, 3.8) is 0 Å². The number of aryl methyl sites for hydroxylation is 1. The van der Waals surface area contributed by atoms with E-state index in [9.17, 15) is 4.79 Å². The van der Waals surface area contributed by atoms with E-state index in [0.717, 1.165) is 24.5 Å². The first-order valence-electron chi connectivity index (χ1n) is 8.17. The van der Waals surface area contributed by atoms with Gasteiger partial charge in [-0.15, -0.1) is 0 Å². The van der Waals surface area contributed by atoms with E-state index < -0.39 is 0 Å². The van der Waals surface area contributed by atoms with Crippen LogP contribution in [0, 0.1) is 6.92 Å². The fraction of sp³-hybridized carbons (Fsp3) is 0.263. The number of amides is 2. The van der Waals surface area contributed by atoms with Crippen LogP contribution in [0.5, 0.6) is 0 Å². The molecule has 5 heteroatoms. The van der Waals surface area contributed by atoms with E-state index in [0.29, 0.717) is 13.1 Å². The molecule has 1 N–H and O–H groups in total. The molecule has 1 aliphatic rings. The molecule has 2 aromatic rings. The zero-order chi connectivity index (χ0) is 16.8. The normalized spacial score (nSPS) is 14.9. The molecule has 0 saturated carbocycles. The lowest BCUT2D eigenvalue weighted by molar-refractivity contribution is 0.198. The highest BCUT2D eigenvalue weighted by Crippen LogP contribution is 2.12. The molecule has 2 heterocycles. The zero-order valence-electron chi connectivity index (χ0n) is 13.9. The summed E-state index contributed by atoms with van der Waals surface area (Å²) in [6, 6.07) is 14.0. The molecule has 5 nitrogen and oxygen atoms in total. The number of anilines is 1. The Morgan fingerprint density at radius 2 is 1.96 bits per heavy atom. The van der Waals surface area contributed by atoms with Crippen molar-refractivity contribution in [2.24, 2.45) is 0 Å². The van der Waals surface area contributed by atoms with Crippen LogP contribution in [0.15, 0.2) is 54.9 Å². The lowest BCUT2D eigenvalue weighted by Crippen LogP contribution is -2.51. The SMILES string of the molecule is Cc1cccc(/C=C/NC(=O)N2CCN(c3ccccn3)CC2)c1. The molecule has 1 aromatic carbocycles. The Kier molecular flexibility index (Phi) is 5.11. The minimum atomic E-state index is -0.0560. The molecule has 0 atom stereocenters. The number of carbonyl (C=O) groups is 1. The molecule has 1 aliphatic heterocycles. The zero-order valence-corrected chi connectivity index (χ0v) is 13.9. The first-order chi connectivity index (χ1) is 11.7. The van der Waals surface area contributed by atoms with Crippen LogP contribution in [0.1, 0.15) is 11.1 Å². The van der Waals surface area contributed by atoms with Gasteiger partial charge in [0, 0.05) is 38.6 Å². The maximum absolute atomic E-state index is 12.2. The molecular weight excluding hydrogens is 300 g/mol. The maximum Gasteiger partial charge on any atom is 0.321 e. The van der Waals surface area contributed by atoms with Crippen LogP contribution in [0.2, 0.25) is 0 Å². The van der Waals surface area contributed by atoms with E-state index in [1.54, 1.807) is 12.4 Å². The summed E-state index contributed by atoms with van der Waals surface area (Å²) < 4.78 is 0. The Morgan fingerprint density at radius 1 is 1.12 bits per heavy atom. The smallest absolute Gasteiger partial charge is 0.321 e. The van der Waals surface area contributed by atoms with Gasteiger partial charge in [0.25, 0.3) is 0 Å². The molecule has 2 amide bonds. The number of nitrogens with one attached hydrogen (secondary N) is 1. The third-order valence-corrected chi connectivity index (χ3v) is 4.06. The average molecular weight is 322 g/mol. The van der Waals surface area contributed by atoms with E-state index >= 15 is 0 Å². The first kappa shape index (κ1) is 16.1. The Labute approximate surface area is 142 Å². The van der Waals surface area contributed by atoms with Crippen LogP contribution in [-0.2, 0) is 0 Å². The summed E-state index contributed by atoms with van der Waals surface area (Å²) >= 11 is 0. The fourth-order valence-corrected chi connectivity index (χ4v) is 2.75. The minimum absolute atomic E-state index is 0.0560. The molecular formula is C19H22N4O. The first-order valence-corrected chi connectivity index (χ1v) is 8.17. The van der Waals surface area contributed by atoms with Crippen molar-refractivity contribution in [1.29, 1.82) is 0 Å². The molecule has 0 unspecified atom stereocenters. The highest BCUT2D eigenvalue weighted by Gasteiger charge is 2.20. The average Bonchev–Trinajstić information content (AvgIpc) is 2.63. The van der Waals surface area contributed by atoms with Crippen molar-refractivity contribution < 1.29 is 4.79 Å². The van der Waals surface area contributed by atoms with Crippen LogP contribution >= 0.6 is 0 Å². The lowest BCUT2D eigenvalue weighted by atomic mass is 10.1. The van der Waals surface area contributed by atoms with Crippen LogP contribution in [0.4, 0.5) is 10.6 Å². The predicted octanol–water partition coefficient (Wildman–Crippen LogP) is 2.89. The van der Waals surface area contributed by atoms with Crippen molar-refractivity contribution in [2.45, 2.75) is 6.92 Å². The van der Waals surface area contributed by atoms with Crippen molar-refractivity contribution in [1.82, 2.24) is 15.2 Å². The molecule has 0 radical (unpaired) electrons. The van der Waals surface area contributed by atoms with Crippen LogP contribution in [-0.4, -0.2) is 42.1 Å². The summed E-state index contributed by atoms with van der Waals surface area (Å²) in [6.07, 6.45) is 5.42. The van der Waals surface area contributed by atoms with E-state index in [4.69, 9.17) is 0 Å². The number of piperazine rings is 1. The van der Waals surface area contributed by atoms with Crippen LogP contribution in [0.25, 0.3) is 6.08 Å². The van der Waals surface area contributed by atoms with Gasteiger partial charge < -0.3 is 15.1 Å². The Bertz CT molecular complexity index is 706. The molecule has 3 rings (SSSR count). The summed E-state index contributed by atoms with van der Waals surface area (Å²) in [7, 11) is 0. The molecule has 0 aliphatic carbocycles. The van der Waals surface area contributed by atoms with Gasteiger partial charge in [0.2, 0.25) is 0 Å². The molecule has 24 heavy (non-hydrogen) atoms. The number of benzene rings is 1. The monoisotopic (exact) mass is 322 g/mol. The van der Waals surface area contributed by atoms with Crippen LogP contribution in [0.3, 0.4) is 0 Å². The second-order valence-corrected chi connectivity index (χ2v) is 5.86. The summed E-state index contributed by atoms with van der Waals surface area (Å²) in [5.41, 5.74) is 2.28. The van der Waals surface area contributed by atoms with Gasteiger partial charge >= 0.3 is 6.03 Å². The second-order valence-electron chi connectivity index (χ2n) is 5.86. The minimum Gasteiger partial charge on any atom is -0.353 e. The van der Waals surface area contributed by atoms with Crippen molar-refractivity contribution >= 4 is 17.9 Å². The number of aromatic nitrogens is 1. The second kappa shape index (κ2) is 7.64. The summed E-state index contributed by atoms with van der Waals surface area (Å²) in [6.45, 7) is 5.04. The standard InChI is InChI=1S/C19H22N4O/c1-16-5-4-6-17(15-16)8-10-21-19(24)23-13-11-22(12-14-23)18-7-2-3-9-20-18/h2-10,15H,11-14H2,1H3,(H,21,24)/b10-8+. The Morgan fingerprint density at radius 3 is 2.67 bits per heavy atom. The van der Waals surface area contributed by atoms with Gasteiger partial charge in [0.1, 0.15) is 5.82 Å². The Hall–Kier alpha value is -2.82. The molecule has 0 bridgehead atoms. The van der Waals surface area contributed by atoms with Gasteiger partial charge in [-0.25, -0.2) is 9.78 Å². The highest BCUT2D eigenvalue weighted by molar-refractivity contribution is 5.76. The number of hydrogen-bond donors (Lipinski definition) is 1.